The van der Waals surface area contributed by atoms with Crippen LogP contribution < -0.4 is 0 Å². The van der Waals surface area contributed by atoms with Gasteiger partial charge in [-0.15, -0.1) is 0 Å². The minimum Gasteiger partial charge on any atom is -0.481 e. The van der Waals surface area contributed by atoms with Gasteiger partial charge in [-0.2, -0.15) is 0 Å². The normalized spacial score (nSPS) is 45.0. The summed E-state index contributed by atoms with van der Waals surface area (Å²) in [5.41, 5.74) is 0. The highest BCUT2D eigenvalue weighted by molar-refractivity contribution is 5.75. The van der Waals surface area contributed by atoms with Crippen molar-refractivity contribution in [3.63, 3.8) is 0 Å². The number of carboxylic acids is 1. The maximum atomic E-state index is 12.6. The number of carbonyl (C=O) groups is 2. The van der Waals surface area contributed by atoms with Crippen molar-refractivity contribution in [1.29, 1.82) is 0 Å². The van der Waals surface area contributed by atoms with E-state index in [0.717, 1.165) is 18.9 Å². The van der Waals surface area contributed by atoms with Crippen LogP contribution in [0.15, 0.2) is 0 Å². The Hall–Kier alpha value is -1.10. The number of rotatable bonds is 4. The monoisotopic (exact) mass is 378 g/mol. The zero-order chi connectivity index (χ0) is 19.1. The second-order valence-corrected chi connectivity index (χ2v) is 9.58. The highest BCUT2D eigenvalue weighted by Gasteiger charge is 2.56. The maximum absolute atomic E-state index is 12.6. The molecule has 0 radical (unpaired) electrons. The minimum atomic E-state index is -0.837. The van der Waals surface area contributed by atoms with Crippen molar-refractivity contribution in [3.8, 4) is 0 Å². The van der Waals surface area contributed by atoms with Crippen molar-refractivity contribution < 1.29 is 24.2 Å². The van der Waals surface area contributed by atoms with Crippen LogP contribution in [0.4, 0.5) is 0 Å². The van der Waals surface area contributed by atoms with E-state index in [4.69, 9.17) is 14.6 Å². The van der Waals surface area contributed by atoms with Gasteiger partial charge in [0, 0.05) is 18.3 Å². The summed E-state index contributed by atoms with van der Waals surface area (Å²) in [7, 11) is 0. The second-order valence-electron chi connectivity index (χ2n) is 9.58. The molecule has 5 nitrogen and oxygen atoms in total. The Bertz CT molecular complexity index is 569. The molecule has 0 aromatic carbocycles. The van der Waals surface area contributed by atoms with Crippen LogP contribution in [0.25, 0.3) is 0 Å². The van der Waals surface area contributed by atoms with Crippen molar-refractivity contribution in [2.24, 2.45) is 41.4 Å². The van der Waals surface area contributed by atoms with E-state index < -0.39 is 5.97 Å². The van der Waals surface area contributed by atoms with E-state index in [2.05, 4.69) is 13.8 Å². The summed E-state index contributed by atoms with van der Waals surface area (Å²) in [6.07, 6.45) is 8.40. The van der Waals surface area contributed by atoms with Gasteiger partial charge in [0.2, 0.25) is 0 Å². The molecule has 4 rings (SSSR count). The molecule has 2 aliphatic carbocycles. The molecule has 0 aromatic rings. The first-order valence-corrected chi connectivity index (χ1v) is 11.0. The highest BCUT2D eigenvalue weighted by atomic mass is 16.6. The number of esters is 1. The van der Waals surface area contributed by atoms with Crippen LogP contribution in [0, 0.1) is 41.4 Å². The quantitative estimate of drug-likeness (QED) is 0.751. The van der Waals surface area contributed by atoms with Gasteiger partial charge in [0.05, 0.1) is 18.6 Å². The smallest absolute Gasteiger partial charge is 0.309 e. The fourth-order valence-corrected chi connectivity index (χ4v) is 6.74. The second kappa shape index (κ2) is 7.73. The van der Waals surface area contributed by atoms with Crippen molar-refractivity contribution in [3.05, 3.63) is 0 Å². The van der Waals surface area contributed by atoms with Gasteiger partial charge in [-0.1, -0.05) is 46.0 Å². The van der Waals surface area contributed by atoms with E-state index >= 15 is 0 Å². The zero-order valence-corrected chi connectivity index (χ0v) is 16.6. The van der Waals surface area contributed by atoms with Gasteiger partial charge in [0.15, 0.2) is 0 Å². The van der Waals surface area contributed by atoms with Crippen molar-refractivity contribution in [2.75, 3.05) is 6.61 Å². The fourth-order valence-electron chi connectivity index (χ4n) is 6.74. The highest BCUT2D eigenvalue weighted by Crippen LogP contribution is 2.53. The Morgan fingerprint density at radius 2 is 1.78 bits per heavy atom. The minimum absolute atomic E-state index is 0.0386. The van der Waals surface area contributed by atoms with Crippen LogP contribution in [0.3, 0.4) is 0 Å². The third kappa shape index (κ3) is 3.52. The third-order valence-corrected chi connectivity index (χ3v) is 8.25. The molecule has 0 spiro atoms. The lowest BCUT2D eigenvalue weighted by atomic mass is 9.60. The Labute approximate surface area is 162 Å². The van der Waals surface area contributed by atoms with Crippen molar-refractivity contribution >= 4 is 11.9 Å². The summed E-state index contributed by atoms with van der Waals surface area (Å²) in [6.45, 7) is 5.20. The summed E-state index contributed by atoms with van der Waals surface area (Å²) in [5.74, 6) is 1.47. The molecule has 0 aromatic heterocycles. The van der Waals surface area contributed by atoms with Crippen LogP contribution in [-0.4, -0.2) is 35.9 Å². The fraction of sp³-hybridized carbons (Fsp3) is 0.909. The standard InChI is InChI=1S/C22H34O5/c1-12-15(8-9-19(23)24)22(25)27-21-13(2)20-17(10-16(12)21)18(11-26-20)14-6-4-3-5-7-14/h12-18,20-21H,3-11H2,1-2H3,(H,23,24). The summed E-state index contributed by atoms with van der Waals surface area (Å²) in [4.78, 5) is 23.6. The van der Waals surface area contributed by atoms with Gasteiger partial charge in [0.25, 0.3) is 0 Å². The van der Waals surface area contributed by atoms with Crippen LogP contribution >= 0.6 is 0 Å². The first kappa shape index (κ1) is 19.2. The Kier molecular flexibility index (Phi) is 5.50. The first-order chi connectivity index (χ1) is 13.0. The van der Waals surface area contributed by atoms with Crippen molar-refractivity contribution in [1.82, 2.24) is 0 Å². The Morgan fingerprint density at radius 1 is 1.04 bits per heavy atom. The number of ether oxygens (including phenoxy) is 2. The molecule has 5 heteroatoms. The lowest BCUT2D eigenvalue weighted by molar-refractivity contribution is -0.192. The predicted octanol–water partition coefficient (Wildman–Crippen LogP) is 3.90. The predicted molar refractivity (Wildman–Crippen MR) is 100.0 cm³/mol. The molecule has 8 atom stereocenters. The van der Waals surface area contributed by atoms with Gasteiger partial charge in [-0.3, -0.25) is 9.59 Å². The number of aliphatic carboxylic acids is 1. The summed E-state index contributed by atoms with van der Waals surface area (Å²) >= 11 is 0. The van der Waals surface area contributed by atoms with Crippen molar-refractivity contribution in [2.45, 2.75) is 77.4 Å². The number of fused-ring (bicyclic) bond motifs is 2. The number of carbonyl (C=O) groups excluding carboxylic acids is 1. The van der Waals surface area contributed by atoms with Crippen LogP contribution in [0.5, 0.6) is 0 Å². The van der Waals surface area contributed by atoms with Gasteiger partial charge in [-0.25, -0.2) is 0 Å². The molecule has 27 heavy (non-hydrogen) atoms. The van der Waals surface area contributed by atoms with Gasteiger partial charge in [-0.05, 0) is 36.5 Å². The summed E-state index contributed by atoms with van der Waals surface area (Å²) < 4.78 is 12.2. The Morgan fingerprint density at radius 3 is 2.48 bits per heavy atom. The molecule has 1 N–H and O–H groups in total. The number of hydrogen-bond donors (Lipinski definition) is 1. The van der Waals surface area contributed by atoms with Gasteiger partial charge in [0.1, 0.15) is 6.10 Å². The van der Waals surface area contributed by atoms with Crippen LogP contribution in [0.2, 0.25) is 0 Å². The molecule has 8 unspecified atom stereocenters. The third-order valence-electron chi connectivity index (χ3n) is 8.25. The first-order valence-electron chi connectivity index (χ1n) is 11.0. The van der Waals surface area contributed by atoms with Gasteiger partial charge < -0.3 is 14.6 Å². The van der Waals surface area contributed by atoms with E-state index in [-0.39, 0.29) is 42.4 Å². The SMILES string of the molecule is CC1C(CCC(=O)O)C(=O)OC2C(C)C3OCC(C4CCCCC4)C3CC12. The molecule has 2 aliphatic heterocycles. The van der Waals surface area contributed by atoms with E-state index in [1.807, 2.05) is 0 Å². The lowest BCUT2D eigenvalue weighted by Crippen LogP contribution is -2.55. The largest absolute Gasteiger partial charge is 0.481 e. The molecule has 2 heterocycles. The summed E-state index contributed by atoms with van der Waals surface area (Å²) in [6, 6.07) is 0. The molecule has 4 aliphatic rings. The topological polar surface area (TPSA) is 72.8 Å². The number of carboxylic acid groups (broad SMARTS) is 1. The van der Waals surface area contributed by atoms with E-state index in [1.165, 1.54) is 32.1 Å². The van der Waals surface area contributed by atoms with Crippen LogP contribution in [0.1, 0.15) is 65.2 Å². The molecule has 152 valence electrons. The lowest BCUT2D eigenvalue weighted by Gasteiger charge is -2.50. The molecule has 2 saturated heterocycles. The number of hydrogen-bond acceptors (Lipinski definition) is 4. The van der Waals surface area contributed by atoms with E-state index in [9.17, 15) is 9.59 Å². The average molecular weight is 379 g/mol. The van der Waals surface area contributed by atoms with Crippen LogP contribution in [-0.2, 0) is 19.1 Å². The van der Waals surface area contributed by atoms with E-state index in [0.29, 0.717) is 24.2 Å². The molecule has 0 amide bonds. The summed E-state index contributed by atoms with van der Waals surface area (Å²) in [5, 5.41) is 9.02. The molecular formula is C22H34O5. The zero-order valence-electron chi connectivity index (χ0n) is 16.6. The van der Waals surface area contributed by atoms with Gasteiger partial charge >= 0.3 is 11.9 Å². The van der Waals surface area contributed by atoms with E-state index in [1.54, 1.807) is 0 Å². The molecular weight excluding hydrogens is 344 g/mol. The average Bonchev–Trinajstić information content (AvgIpc) is 3.07. The molecule has 4 fully saturated rings. The molecule has 2 saturated carbocycles. The Balaban J connectivity index is 1.50. The maximum Gasteiger partial charge on any atom is 0.309 e. The molecule has 0 bridgehead atoms.